The summed E-state index contributed by atoms with van der Waals surface area (Å²) in [5.74, 6) is -1.24. The molecule has 1 fully saturated rings. The Morgan fingerprint density at radius 3 is 2.55 bits per heavy atom. The lowest BCUT2D eigenvalue weighted by atomic mass is 9.95. The van der Waals surface area contributed by atoms with Gasteiger partial charge in [0.15, 0.2) is 0 Å². The maximum atomic E-state index is 11.1. The number of carboxylic acid groups (broad SMARTS) is 1. The number of nitro benzene ring substituents is 1. The molecular formula is C13H15ClN2O4. The van der Waals surface area contributed by atoms with Gasteiger partial charge < -0.3 is 10.4 Å². The van der Waals surface area contributed by atoms with Crippen molar-refractivity contribution in [3.63, 3.8) is 0 Å². The highest BCUT2D eigenvalue weighted by atomic mass is 35.5. The second-order valence-electron chi connectivity index (χ2n) is 4.89. The molecule has 7 heteroatoms. The molecule has 0 atom stereocenters. The van der Waals surface area contributed by atoms with Gasteiger partial charge in [-0.3, -0.25) is 10.1 Å². The number of benzene rings is 1. The molecule has 2 N–H and O–H groups in total. The minimum absolute atomic E-state index is 0.0715. The van der Waals surface area contributed by atoms with E-state index in [-0.39, 0.29) is 28.0 Å². The Hall–Kier alpha value is -1.82. The van der Waals surface area contributed by atoms with Crippen LogP contribution < -0.4 is 5.32 Å². The largest absolute Gasteiger partial charge is 0.478 e. The molecule has 0 saturated heterocycles. The van der Waals surface area contributed by atoms with E-state index in [0.717, 1.165) is 31.7 Å². The third-order valence-electron chi connectivity index (χ3n) is 3.47. The van der Waals surface area contributed by atoms with Crippen molar-refractivity contribution in [3.8, 4) is 0 Å². The van der Waals surface area contributed by atoms with Gasteiger partial charge >= 0.3 is 5.97 Å². The summed E-state index contributed by atoms with van der Waals surface area (Å²) in [5.41, 5.74) is -0.259. The maximum Gasteiger partial charge on any atom is 0.335 e. The molecule has 0 aliphatic heterocycles. The third kappa shape index (κ3) is 3.19. The quantitative estimate of drug-likeness (QED) is 0.653. The summed E-state index contributed by atoms with van der Waals surface area (Å²) < 4.78 is 0. The standard InChI is InChI=1S/C13H15ClN2O4/c14-10-6-8(13(17)18)7-11(16(19)20)12(10)15-9-4-2-1-3-5-9/h6-7,9,15H,1-5H2,(H,17,18). The number of hydrogen-bond acceptors (Lipinski definition) is 4. The van der Waals surface area contributed by atoms with E-state index in [1.165, 1.54) is 12.5 Å². The second-order valence-corrected chi connectivity index (χ2v) is 5.30. The molecule has 1 aliphatic rings. The van der Waals surface area contributed by atoms with Gasteiger partial charge in [0.25, 0.3) is 5.69 Å². The number of nitrogens with one attached hydrogen (secondary N) is 1. The molecule has 0 amide bonds. The normalized spacial score (nSPS) is 15.8. The molecule has 6 nitrogen and oxygen atoms in total. The van der Waals surface area contributed by atoms with Gasteiger partial charge in [0, 0.05) is 12.1 Å². The lowest BCUT2D eigenvalue weighted by molar-refractivity contribution is -0.384. The predicted molar refractivity (Wildman–Crippen MR) is 75.6 cm³/mol. The molecule has 0 unspecified atom stereocenters. The minimum Gasteiger partial charge on any atom is -0.478 e. The summed E-state index contributed by atoms with van der Waals surface area (Å²) in [4.78, 5) is 21.4. The second kappa shape index (κ2) is 6.09. The topological polar surface area (TPSA) is 92.5 Å². The van der Waals surface area contributed by atoms with Crippen LogP contribution in [0.4, 0.5) is 11.4 Å². The number of carbonyl (C=O) groups is 1. The van der Waals surface area contributed by atoms with Crippen LogP contribution in [0, 0.1) is 10.1 Å². The molecule has 108 valence electrons. The molecule has 1 aliphatic carbocycles. The van der Waals surface area contributed by atoms with E-state index in [0.29, 0.717) is 0 Å². The maximum absolute atomic E-state index is 11.1. The first kappa shape index (κ1) is 14.6. The number of hydrogen-bond donors (Lipinski definition) is 2. The van der Waals surface area contributed by atoms with E-state index in [2.05, 4.69) is 5.32 Å². The number of nitrogens with zero attached hydrogens (tertiary/aromatic N) is 1. The molecule has 1 saturated carbocycles. The SMILES string of the molecule is O=C(O)c1cc(Cl)c(NC2CCCCC2)c([N+](=O)[O-])c1. The van der Waals surface area contributed by atoms with Crippen molar-refractivity contribution in [3.05, 3.63) is 32.8 Å². The van der Waals surface area contributed by atoms with Gasteiger partial charge in [0.2, 0.25) is 0 Å². The first-order valence-corrected chi connectivity index (χ1v) is 6.84. The molecule has 1 aromatic carbocycles. The average molecular weight is 299 g/mol. The summed E-state index contributed by atoms with van der Waals surface area (Å²) in [6, 6.07) is 2.43. The van der Waals surface area contributed by atoms with Crippen molar-refractivity contribution in [1.29, 1.82) is 0 Å². The number of carboxylic acids is 1. The van der Waals surface area contributed by atoms with Gasteiger partial charge in [-0.1, -0.05) is 30.9 Å². The summed E-state index contributed by atoms with van der Waals surface area (Å²) in [5, 5.41) is 23.2. The fraction of sp³-hybridized carbons (Fsp3) is 0.462. The van der Waals surface area contributed by atoms with Crippen LogP contribution in [0.5, 0.6) is 0 Å². The van der Waals surface area contributed by atoms with Crippen LogP contribution in [-0.2, 0) is 0 Å². The number of halogens is 1. The zero-order valence-corrected chi connectivity index (χ0v) is 11.5. The summed E-state index contributed by atoms with van der Waals surface area (Å²) in [7, 11) is 0. The molecule has 0 heterocycles. The van der Waals surface area contributed by atoms with E-state index in [1.807, 2.05) is 0 Å². The van der Waals surface area contributed by atoms with Gasteiger partial charge in [-0.05, 0) is 18.9 Å². The number of rotatable bonds is 4. The van der Waals surface area contributed by atoms with Crippen molar-refractivity contribution in [2.75, 3.05) is 5.32 Å². The fourth-order valence-electron chi connectivity index (χ4n) is 2.45. The van der Waals surface area contributed by atoms with Crippen molar-refractivity contribution < 1.29 is 14.8 Å². The van der Waals surface area contributed by atoms with Crippen LogP contribution in [0.1, 0.15) is 42.5 Å². The van der Waals surface area contributed by atoms with Crippen molar-refractivity contribution >= 4 is 28.9 Å². The van der Waals surface area contributed by atoms with Crippen molar-refractivity contribution in [1.82, 2.24) is 0 Å². The van der Waals surface area contributed by atoms with Crippen LogP contribution in [0.15, 0.2) is 12.1 Å². The Kier molecular flexibility index (Phi) is 4.44. The third-order valence-corrected chi connectivity index (χ3v) is 3.76. The van der Waals surface area contributed by atoms with Gasteiger partial charge in [-0.15, -0.1) is 0 Å². The molecule has 0 spiro atoms. The minimum atomic E-state index is -1.24. The number of aromatic carboxylic acids is 1. The molecule has 0 radical (unpaired) electrons. The van der Waals surface area contributed by atoms with E-state index < -0.39 is 10.9 Å². The molecular weight excluding hydrogens is 284 g/mol. The monoisotopic (exact) mass is 298 g/mol. The lowest BCUT2D eigenvalue weighted by Crippen LogP contribution is -2.23. The summed E-state index contributed by atoms with van der Waals surface area (Å²) in [6.45, 7) is 0. The Morgan fingerprint density at radius 2 is 2.00 bits per heavy atom. The van der Waals surface area contributed by atoms with Crippen LogP contribution in [0.2, 0.25) is 5.02 Å². The fourth-order valence-corrected chi connectivity index (χ4v) is 2.72. The smallest absolute Gasteiger partial charge is 0.335 e. The highest BCUT2D eigenvalue weighted by Gasteiger charge is 2.24. The van der Waals surface area contributed by atoms with E-state index >= 15 is 0 Å². The van der Waals surface area contributed by atoms with Gasteiger partial charge in [-0.25, -0.2) is 4.79 Å². The van der Waals surface area contributed by atoms with Gasteiger partial charge in [0.05, 0.1) is 15.5 Å². The number of nitro groups is 1. The Labute approximate surface area is 120 Å². The average Bonchev–Trinajstić information content (AvgIpc) is 2.41. The van der Waals surface area contributed by atoms with E-state index in [4.69, 9.17) is 16.7 Å². The number of anilines is 1. The molecule has 1 aromatic rings. The molecule has 2 rings (SSSR count). The van der Waals surface area contributed by atoms with Crippen LogP contribution >= 0.6 is 11.6 Å². The van der Waals surface area contributed by atoms with Crippen molar-refractivity contribution in [2.24, 2.45) is 0 Å². The Morgan fingerprint density at radius 1 is 1.35 bits per heavy atom. The first-order valence-electron chi connectivity index (χ1n) is 6.47. The highest BCUT2D eigenvalue weighted by molar-refractivity contribution is 6.34. The summed E-state index contributed by atoms with van der Waals surface area (Å²) >= 11 is 6.01. The van der Waals surface area contributed by atoms with E-state index in [9.17, 15) is 14.9 Å². The van der Waals surface area contributed by atoms with Crippen LogP contribution in [-0.4, -0.2) is 22.0 Å². The van der Waals surface area contributed by atoms with Crippen molar-refractivity contribution in [2.45, 2.75) is 38.1 Å². The Balaban J connectivity index is 2.35. The Bertz CT molecular complexity index is 541. The first-order chi connectivity index (χ1) is 9.49. The zero-order valence-electron chi connectivity index (χ0n) is 10.8. The van der Waals surface area contributed by atoms with Gasteiger partial charge in [-0.2, -0.15) is 0 Å². The molecule has 20 heavy (non-hydrogen) atoms. The summed E-state index contributed by atoms with van der Waals surface area (Å²) in [6.07, 6.45) is 5.21. The molecule has 0 aromatic heterocycles. The van der Waals surface area contributed by atoms with Gasteiger partial charge in [0.1, 0.15) is 5.69 Å². The van der Waals surface area contributed by atoms with Crippen LogP contribution in [0.3, 0.4) is 0 Å². The van der Waals surface area contributed by atoms with E-state index in [1.54, 1.807) is 0 Å². The molecule has 0 bridgehead atoms. The predicted octanol–water partition coefficient (Wildman–Crippen LogP) is 3.69. The highest BCUT2D eigenvalue weighted by Crippen LogP contribution is 2.36. The lowest BCUT2D eigenvalue weighted by Gasteiger charge is -2.24. The zero-order chi connectivity index (χ0) is 14.7. The van der Waals surface area contributed by atoms with Crippen LogP contribution in [0.25, 0.3) is 0 Å².